The molecule has 3 N–H and O–H groups in total. The molecule has 26 heavy (non-hydrogen) atoms. The third kappa shape index (κ3) is 4.24. The van der Waals surface area contributed by atoms with Gasteiger partial charge in [0.25, 0.3) is 11.5 Å². The number of hydrogen-bond donors (Lipinski definition) is 2. The van der Waals surface area contributed by atoms with Crippen LogP contribution in [0.15, 0.2) is 21.7 Å². The lowest BCUT2D eigenvalue weighted by Gasteiger charge is -2.24. The Balaban J connectivity index is 2.59. The molecule has 0 spiro atoms. The number of nitrogens with two attached hydrogens (primary N) is 1. The van der Waals surface area contributed by atoms with Crippen molar-refractivity contribution in [2.24, 2.45) is 5.92 Å². The van der Waals surface area contributed by atoms with E-state index in [0.29, 0.717) is 18.0 Å². The Morgan fingerprint density at radius 3 is 2.58 bits per heavy atom. The van der Waals surface area contributed by atoms with Crippen LogP contribution in [0.2, 0.25) is 0 Å². The van der Waals surface area contributed by atoms with Gasteiger partial charge >= 0.3 is 5.69 Å². The molecule has 7 nitrogen and oxygen atoms in total. The monoisotopic (exact) mass is 378 g/mol. The number of rotatable bonds is 7. The largest absolute Gasteiger partial charge is 0.383 e. The Morgan fingerprint density at radius 2 is 2.04 bits per heavy atom. The zero-order valence-electron chi connectivity index (χ0n) is 15.7. The quantitative estimate of drug-likeness (QED) is 0.773. The zero-order chi connectivity index (χ0) is 19.4. The summed E-state index contributed by atoms with van der Waals surface area (Å²) in [7, 11) is 0. The first-order valence-electron chi connectivity index (χ1n) is 8.77. The third-order valence-electron chi connectivity index (χ3n) is 3.96. The highest BCUT2D eigenvalue weighted by atomic mass is 32.1. The van der Waals surface area contributed by atoms with Crippen LogP contribution in [0.5, 0.6) is 0 Å². The first-order chi connectivity index (χ1) is 12.3. The molecule has 0 aliphatic carbocycles. The standard InChI is InChI=1S/C18H26N4O3S/c1-5-6-9-21(17(24)13-8-7-12(4)26-13)14-15(19)22(10-11(2)3)18(25)20-16(14)23/h7-8,11H,5-6,9-10,19H2,1-4H3,(H,20,23,25). The maximum atomic E-state index is 13.0. The molecule has 0 radical (unpaired) electrons. The Kier molecular flexibility index (Phi) is 6.42. The fourth-order valence-corrected chi connectivity index (χ4v) is 3.51. The normalized spacial score (nSPS) is 11.1. The number of unbranched alkanes of at least 4 members (excludes halogenated alkanes) is 1. The number of aromatic nitrogens is 2. The second kappa shape index (κ2) is 8.35. The molecule has 8 heteroatoms. The molecule has 0 aliphatic heterocycles. The van der Waals surface area contributed by atoms with Crippen molar-refractivity contribution >= 4 is 28.7 Å². The number of hydrogen-bond acceptors (Lipinski definition) is 5. The van der Waals surface area contributed by atoms with E-state index in [0.717, 1.165) is 17.7 Å². The average molecular weight is 378 g/mol. The SMILES string of the molecule is CCCCN(C(=O)c1ccc(C)s1)c1c(N)n(CC(C)C)c(=O)[nH]c1=O. The Hall–Kier alpha value is -2.35. The van der Waals surface area contributed by atoms with Crippen molar-refractivity contribution < 1.29 is 4.79 Å². The van der Waals surface area contributed by atoms with E-state index >= 15 is 0 Å². The van der Waals surface area contributed by atoms with Crippen LogP contribution in [-0.4, -0.2) is 22.0 Å². The van der Waals surface area contributed by atoms with Gasteiger partial charge in [-0.1, -0.05) is 27.2 Å². The van der Waals surface area contributed by atoms with Crippen molar-refractivity contribution in [1.29, 1.82) is 0 Å². The molecular weight excluding hydrogens is 352 g/mol. The second-order valence-corrected chi connectivity index (χ2v) is 8.01. The van der Waals surface area contributed by atoms with E-state index in [1.54, 1.807) is 6.07 Å². The molecule has 2 heterocycles. The summed E-state index contributed by atoms with van der Waals surface area (Å²) in [5, 5.41) is 0. The fraction of sp³-hybridized carbons (Fsp3) is 0.500. The van der Waals surface area contributed by atoms with Crippen molar-refractivity contribution in [3.63, 3.8) is 0 Å². The number of amides is 1. The minimum absolute atomic E-state index is 0.0326. The molecular formula is C18H26N4O3S. The van der Waals surface area contributed by atoms with Gasteiger partial charge in [-0.15, -0.1) is 11.3 Å². The molecule has 2 rings (SSSR count). The van der Waals surface area contributed by atoms with Crippen LogP contribution in [-0.2, 0) is 6.54 Å². The predicted molar refractivity (Wildman–Crippen MR) is 106 cm³/mol. The zero-order valence-corrected chi connectivity index (χ0v) is 16.5. The first kappa shape index (κ1) is 20.0. The number of anilines is 2. The molecule has 0 aliphatic rings. The predicted octanol–water partition coefficient (Wildman–Crippen LogP) is 2.59. The molecule has 0 atom stereocenters. The van der Waals surface area contributed by atoms with Gasteiger partial charge in [-0.25, -0.2) is 4.79 Å². The summed E-state index contributed by atoms with van der Waals surface area (Å²) in [6.45, 7) is 8.55. The van der Waals surface area contributed by atoms with Crippen molar-refractivity contribution in [3.05, 3.63) is 42.7 Å². The summed E-state index contributed by atoms with van der Waals surface area (Å²) in [6.07, 6.45) is 1.58. The molecule has 0 saturated carbocycles. The molecule has 2 aromatic heterocycles. The van der Waals surface area contributed by atoms with Crippen LogP contribution in [0.1, 0.15) is 48.2 Å². The van der Waals surface area contributed by atoms with Gasteiger partial charge in [0.1, 0.15) is 5.82 Å². The maximum Gasteiger partial charge on any atom is 0.330 e. The first-order valence-corrected chi connectivity index (χ1v) is 9.58. The van der Waals surface area contributed by atoms with E-state index in [2.05, 4.69) is 4.98 Å². The Labute approximate surface area is 156 Å². The highest BCUT2D eigenvalue weighted by Gasteiger charge is 2.25. The van der Waals surface area contributed by atoms with Gasteiger partial charge in [0.15, 0.2) is 5.69 Å². The summed E-state index contributed by atoms with van der Waals surface area (Å²) < 4.78 is 1.33. The number of carbonyl (C=O) groups excluding carboxylic acids is 1. The van der Waals surface area contributed by atoms with E-state index in [9.17, 15) is 14.4 Å². The lowest BCUT2D eigenvalue weighted by Crippen LogP contribution is -2.41. The molecule has 0 aromatic carbocycles. The van der Waals surface area contributed by atoms with Gasteiger partial charge in [-0.05, 0) is 31.4 Å². The highest BCUT2D eigenvalue weighted by Crippen LogP contribution is 2.24. The molecule has 0 saturated heterocycles. The Bertz CT molecular complexity index is 895. The van der Waals surface area contributed by atoms with Crippen LogP contribution in [0.3, 0.4) is 0 Å². The lowest BCUT2D eigenvalue weighted by molar-refractivity contribution is 0.0990. The molecule has 2 aromatic rings. The number of nitrogens with one attached hydrogen (secondary N) is 1. The number of carbonyl (C=O) groups is 1. The number of aromatic amines is 1. The van der Waals surface area contributed by atoms with E-state index in [1.165, 1.54) is 20.8 Å². The van der Waals surface area contributed by atoms with Gasteiger partial charge in [0.05, 0.1) is 4.88 Å². The van der Waals surface area contributed by atoms with E-state index in [-0.39, 0.29) is 23.3 Å². The molecule has 0 fully saturated rings. The van der Waals surface area contributed by atoms with E-state index in [1.807, 2.05) is 33.8 Å². The summed E-state index contributed by atoms with van der Waals surface area (Å²) in [6, 6.07) is 3.61. The van der Waals surface area contributed by atoms with Gasteiger partial charge in [-0.3, -0.25) is 24.0 Å². The van der Waals surface area contributed by atoms with Gasteiger partial charge < -0.3 is 5.73 Å². The molecule has 0 unspecified atom stereocenters. The van der Waals surface area contributed by atoms with Crippen molar-refractivity contribution in [2.75, 3.05) is 17.2 Å². The number of aryl methyl sites for hydroxylation is 1. The summed E-state index contributed by atoms with van der Waals surface area (Å²) in [5.74, 6) is -0.0813. The number of H-pyrrole nitrogens is 1. The van der Waals surface area contributed by atoms with Gasteiger partial charge in [0, 0.05) is 18.0 Å². The van der Waals surface area contributed by atoms with E-state index < -0.39 is 11.2 Å². The topological polar surface area (TPSA) is 101 Å². The van der Waals surface area contributed by atoms with Crippen LogP contribution in [0, 0.1) is 12.8 Å². The number of thiophene rings is 1. The lowest BCUT2D eigenvalue weighted by atomic mass is 10.2. The highest BCUT2D eigenvalue weighted by molar-refractivity contribution is 7.14. The number of nitrogens with zero attached hydrogens (tertiary/aromatic N) is 2. The maximum absolute atomic E-state index is 13.0. The van der Waals surface area contributed by atoms with Crippen LogP contribution < -0.4 is 21.9 Å². The summed E-state index contributed by atoms with van der Waals surface area (Å²) in [5.41, 5.74) is 5.04. The summed E-state index contributed by atoms with van der Waals surface area (Å²) >= 11 is 1.37. The minimum Gasteiger partial charge on any atom is -0.383 e. The smallest absolute Gasteiger partial charge is 0.330 e. The molecule has 0 bridgehead atoms. The van der Waals surface area contributed by atoms with Crippen LogP contribution in [0.4, 0.5) is 11.5 Å². The molecule has 142 valence electrons. The average Bonchev–Trinajstić information content (AvgIpc) is 3.00. The van der Waals surface area contributed by atoms with Gasteiger partial charge in [-0.2, -0.15) is 0 Å². The van der Waals surface area contributed by atoms with Crippen molar-refractivity contribution in [2.45, 2.75) is 47.1 Å². The van der Waals surface area contributed by atoms with Gasteiger partial charge in [0.2, 0.25) is 0 Å². The summed E-state index contributed by atoms with van der Waals surface area (Å²) in [4.78, 5) is 42.9. The third-order valence-corrected chi connectivity index (χ3v) is 4.95. The van der Waals surface area contributed by atoms with Crippen molar-refractivity contribution in [3.8, 4) is 0 Å². The van der Waals surface area contributed by atoms with Crippen LogP contribution >= 0.6 is 11.3 Å². The molecule has 1 amide bonds. The van der Waals surface area contributed by atoms with Crippen LogP contribution in [0.25, 0.3) is 0 Å². The fourth-order valence-electron chi connectivity index (χ4n) is 2.70. The van der Waals surface area contributed by atoms with Crippen molar-refractivity contribution in [1.82, 2.24) is 9.55 Å². The Morgan fingerprint density at radius 1 is 1.35 bits per heavy atom. The number of nitrogen functional groups attached to an aromatic ring is 1. The minimum atomic E-state index is -0.634. The second-order valence-electron chi connectivity index (χ2n) is 6.72. The van der Waals surface area contributed by atoms with E-state index in [4.69, 9.17) is 5.73 Å².